The Morgan fingerprint density at radius 2 is 1.97 bits per heavy atom. The second-order valence-corrected chi connectivity index (χ2v) is 9.99. The fraction of sp³-hybridized carbons (Fsp3) is 0.423. The van der Waals surface area contributed by atoms with E-state index in [9.17, 15) is 9.59 Å². The van der Waals surface area contributed by atoms with Gasteiger partial charge in [-0.1, -0.05) is 44.9 Å². The summed E-state index contributed by atoms with van der Waals surface area (Å²) < 4.78 is 10.6. The lowest BCUT2D eigenvalue weighted by molar-refractivity contribution is -0.118. The highest BCUT2D eigenvalue weighted by atomic mass is 32.2. The average Bonchev–Trinajstić information content (AvgIpc) is 2.82. The SMILES string of the molecule is COc1ccc(/C=C2/SC3C=CC(C(=O)NC4CCCC(C)C4C)=CC3=NC2=O)cc1OC. The summed E-state index contributed by atoms with van der Waals surface area (Å²) >= 11 is 1.44. The fourth-order valence-electron chi connectivity index (χ4n) is 4.50. The largest absolute Gasteiger partial charge is 0.493 e. The summed E-state index contributed by atoms with van der Waals surface area (Å²) in [4.78, 5) is 30.4. The van der Waals surface area contributed by atoms with Crippen LogP contribution in [0.1, 0.15) is 38.7 Å². The second-order valence-electron chi connectivity index (χ2n) is 8.81. The number of hydrogen-bond donors (Lipinski definition) is 1. The zero-order valence-electron chi connectivity index (χ0n) is 19.5. The van der Waals surface area contributed by atoms with Crippen LogP contribution in [0.4, 0.5) is 0 Å². The molecule has 4 unspecified atom stereocenters. The zero-order valence-corrected chi connectivity index (χ0v) is 20.3. The number of fused-ring (bicyclic) bond motifs is 1. The Bertz CT molecular complexity index is 1070. The smallest absolute Gasteiger partial charge is 0.283 e. The first-order valence-corrected chi connectivity index (χ1v) is 12.2. The highest BCUT2D eigenvalue weighted by Crippen LogP contribution is 2.36. The molecule has 0 spiro atoms. The number of thioether (sulfide) groups is 1. The first kappa shape index (κ1) is 23.4. The van der Waals surface area contributed by atoms with E-state index in [0.717, 1.165) is 18.4 Å². The predicted molar refractivity (Wildman–Crippen MR) is 133 cm³/mol. The van der Waals surface area contributed by atoms with E-state index >= 15 is 0 Å². The molecule has 3 aliphatic rings. The third kappa shape index (κ3) is 5.08. The van der Waals surface area contributed by atoms with Crippen molar-refractivity contribution in [3.05, 3.63) is 52.5 Å². The number of nitrogens with zero attached hydrogens (tertiary/aromatic N) is 1. The Morgan fingerprint density at radius 1 is 1.18 bits per heavy atom. The van der Waals surface area contributed by atoms with Crippen molar-refractivity contribution in [2.45, 2.75) is 44.4 Å². The van der Waals surface area contributed by atoms with E-state index in [1.807, 2.05) is 24.3 Å². The maximum absolute atomic E-state index is 12.9. The van der Waals surface area contributed by atoms with E-state index in [2.05, 4.69) is 24.2 Å². The molecular formula is C26H30N2O4S. The van der Waals surface area contributed by atoms with Gasteiger partial charge in [-0.3, -0.25) is 9.59 Å². The highest BCUT2D eigenvalue weighted by Gasteiger charge is 2.31. The quantitative estimate of drug-likeness (QED) is 0.644. The molecule has 1 aliphatic heterocycles. The number of rotatable bonds is 5. The molecule has 4 atom stereocenters. The number of amides is 2. The number of carbonyl (C=O) groups is 2. The number of nitrogens with one attached hydrogen (secondary N) is 1. The lowest BCUT2D eigenvalue weighted by Gasteiger charge is -2.34. The van der Waals surface area contributed by atoms with Crippen molar-refractivity contribution in [3.8, 4) is 11.5 Å². The maximum Gasteiger partial charge on any atom is 0.283 e. The summed E-state index contributed by atoms with van der Waals surface area (Å²) in [6.45, 7) is 4.46. The molecule has 4 rings (SSSR count). The van der Waals surface area contributed by atoms with Crippen LogP contribution in [0, 0.1) is 11.8 Å². The Balaban J connectivity index is 1.49. The molecule has 1 saturated carbocycles. The van der Waals surface area contributed by atoms with Crippen molar-refractivity contribution in [2.24, 2.45) is 16.8 Å². The monoisotopic (exact) mass is 466 g/mol. The molecule has 0 bridgehead atoms. The minimum atomic E-state index is -0.304. The Labute approximate surface area is 199 Å². The molecule has 0 radical (unpaired) electrons. The normalized spacial score (nSPS) is 28.0. The maximum atomic E-state index is 12.9. The van der Waals surface area contributed by atoms with Crippen molar-refractivity contribution in [3.63, 3.8) is 0 Å². The van der Waals surface area contributed by atoms with E-state index in [0.29, 0.717) is 39.5 Å². The second kappa shape index (κ2) is 10.00. The van der Waals surface area contributed by atoms with Crippen LogP contribution in [0.15, 0.2) is 51.9 Å². The van der Waals surface area contributed by atoms with Crippen molar-refractivity contribution >= 4 is 35.4 Å². The summed E-state index contributed by atoms with van der Waals surface area (Å²) in [6, 6.07) is 5.69. The highest BCUT2D eigenvalue weighted by molar-refractivity contribution is 8.05. The van der Waals surface area contributed by atoms with Gasteiger partial charge < -0.3 is 14.8 Å². The summed E-state index contributed by atoms with van der Waals surface area (Å²) in [6.07, 6.45) is 10.7. The molecule has 33 heavy (non-hydrogen) atoms. The first-order valence-electron chi connectivity index (χ1n) is 11.3. The van der Waals surface area contributed by atoms with E-state index in [1.54, 1.807) is 32.4 Å². The number of ether oxygens (including phenoxy) is 2. The molecule has 1 aromatic rings. The van der Waals surface area contributed by atoms with Crippen LogP contribution in [-0.2, 0) is 9.59 Å². The lowest BCUT2D eigenvalue weighted by Crippen LogP contribution is -2.44. The van der Waals surface area contributed by atoms with Gasteiger partial charge in [0.15, 0.2) is 11.5 Å². The van der Waals surface area contributed by atoms with Crippen LogP contribution >= 0.6 is 11.8 Å². The van der Waals surface area contributed by atoms with E-state index in [-0.39, 0.29) is 23.1 Å². The Kier molecular flexibility index (Phi) is 7.08. The van der Waals surface area contributed by atoms with Gasteiger partial charge in [-0.05, 0) is 48.1 Å². The Hall–Kier alpha value is -2.80. The topological polar surface area (TPSA) is 77.0 Å². The number of hydrogen-bond acceptors (Lipinski definition) is 5. The molecule has 0 saturated heterocycles. The van der Waals surface area contributed by atoms with Crippen LogP contribution in [0.3, 0.4) is 0 Å². The van der Waals surface area contributed by atoms with Crippen LogP contribution < -0.4 is 14.8 Å². The predicted octanol–water partition coefficient (Wildman–Crippen LogP) is 4.56. The lowest BCUT2D eigenvalue weighted by atomic mass is 9.78. The molecule has 1 fully saturated rings. The summed E-state index contributed by atoms with van der Waals surface area (Å²) in [5, 5.41) is 3.10. The van der Waals surface area contributed by atoms with E-state index in [4.69, 9.17) is 9.47 Å². The molecule has 0 aromatic heterocycles. The van der Waals surface area contributed by atoms with Gasteiger partial charge in [-0.2, -0.15) is 0 Å². The Morgan fingerprint density at radius 3 is 2.73 bits per heavy atom. The van der Waals surface area contributed by atoms with Crippen LogP contribution in [0.2, 0.25) is 0 Å². The van der Waals surface area contributed by atoms with Gasteiger partial charge in [-0.15, -0.1) is 11.8 Å². The number of aliphatic imine (C=N–C) groups is 1. The molecule has 2 amide bonds. The molecule has 1 aromatic carbocycles. The van der Waals surface area contributed by atoms with E-state index in [1.165, 1.54) is 18.2 Å². The van der Waals surface area contributed by atoms with Crippen molar-refractivity contribution < 1.29 is 19.1 Å². The minimum Gasteiger partial charge on any atom is -0.493 e. The third-order valence-electron chi connectivity index (χ3n) is 6.73. The van der Waals surface area contributed by atoms with Crippen molar-refractivity contribution in [2.75, 3.05) is 14.2 Å². The average molecular weight is 467 g/mol. The van der Waals surface area contributed by atoms with Crippen LogP contribution in [0.5, 0.6) is 11.5 Å². The minimum absolute atomic E-state index is 0.0949. The molecule has 174 valence electrons. The molecular weight excluding hydrogens is 436 g/mol. The van der Waals surface area contributed by atoms with Gasteiger partial charge in [0.1, 0.15) is 0 Å². The third-order valence-corrected chi connectivity index (χ3v) is 7.93. The van der Waals surface area contributed by atoms with Crippen LogP contribution in [-0.4, -0.2) is 43.0 Å². The van der Waals surface area contributed by atoms with Crippen LogP contribution in [0.25, 0.3) is 6.08 Å². The molecule has 7 heteroatoms. The molecule has 2 aliphatic carbocycles. The van der Waals surface area contributed by atoms with Gasteiger partial charge in [0.25, 0.3) is 11.8 Å². The van der Waals surface area contributed by atoms with Gasteiger partial charge in [0.05, 0.1) is 30.1 Å². The number of allylic oxidation sites excluding steroid dienone is 1. The van der Waals surface area contributed by atoms with Crippen molar-refractivity contribution in [1.82, 2.24) is 5.32 Å². The standard InChI is InChI=1S/C26H30N2O4S/c1-15-6-5-7-19(16(15)2)27-25(29)18-9-11-23-20(14-18)28-26(30)24(33-23)13-17-8-10-21(31-3)22(12-17)32-4/h8-16,19,23H,5-7H2,1-4H3,(H,27,29)/b24-13+. The first-order chi connectivity index (χ1) is 15.9. The summed E-state index contributed by atoms with van der Waals surface area (Å²) in [5.41, 5.74) is 2.00. The molecule has 6 nitrogen and oxygen atoms in total. The fourth-order valence-corrected chi connectivity index (χ4v) is 5.53. The van der Waals surface area contributed by atoms with Crippen molar-refractivity contribution in [1.29, 1.82) is 0 Å². The zero-order chi connectivity index (χ0) is 23.5. The number of methoxy groups -OCH3 is 2. The van der Waals surface area contributed by atoms with Gasteiger partial charge in [0, 0.05) is 11.6 Å². The molecule has 1 heterocycles. The molecule has 1 N–H and O–H groups in total. The van der Waals surface area contributed by atoms with E-state index < -0.39 is 0 Å². The van der Waals surface area contributed by atoms with Gasteiger partial charge in [0.2, 0.25) is 0 Å². The van der Waals surface area contributed by atoms with Gasteiger partial charge in [-0.25, -0.2) is 4.99 Å². The summed E-state index contributed by atoms with van der Waals surface area (Å²) in [7, 11) is 3.16. The summed E-state index contributed by atoms with van der Waals surface area (Å²) in [5.74, 6) is 1.89. The number of carbonyl (C=O) groups excluding carboxylic acids is 2. The number of benzene rings is 1. The van der Waals surface area contributed by atoms with Gasteiger partial charge >= 0.3 is 0 Å².